The van der Waals surface area contributed by atoms with Crippen molar-refractivity contribution in [3.8, 4) is 0 Å². The van der Waals surface area contributed by atoms with E-state index in [2.05, 4.69) is 16.6 Å². The molecule has 0 saturated carbocycles. The molecular weight excluding hydrogens is 170 g/mol. The molecule has 1 aliphatic heterocycles. The molecule has 0 bridgehead atoms. The van der Waals surface area contributed by atoms with E-state index in [0.29, 0.717) is 5.70 Å². The van der Waals surface area contributed by atoms with E-state index in [1.165, 1.54) is 0 Å². The number of rotatable bonds is 4. The first-order valence-corrected chi connectivity index (χ1v) is 4.29. The standard InChI is InChI=1S/C8H13N3O2/c1-7(10-11-9)6-13-8-4-2-3-5-12-8/h8H,1-6H2. The van der Waals surface area contributed by atoms with Gasteiger partial charge in [0.2, 0.25) is 0 Å². The Kier molecular flexibility index (Phi) is 4.32. The third-order valence-electron chi connectivity index (χ3n) is 1.76. The number of azide groups is 1. The highest BCUT2D eigenvalue weighted by Crippen LogP contribution is 2.14. The van der Waals surface area contributed by atoms with E-state index in [1.807, 2.05) is 0 Å². The van der Waals surface area contributed by atoms with Crippen LogP contribution < -0.4 is 0 Å². The molecule has 0 amide bonds. The van der Waals surface area contributed by atoms with Gasteiger partial charge >= 0.3 is 0 Å². The van der Waals surface area contributed by atoms with E-state index in [0.717, 1.165) is 25.9 Å². The molecule has 0 N–H and O–H groups in total. The molecule has 1 aliphatic rings. The fourth-order valence-electron chi connectivity index (χ4n) is 1.12. The van der Waals surface area contributed by atoms with Crippen LogP contribution >= 0.6 is 0 Å². The number of hydrogen-bond donors (Lipinski definition) is 0. The maximum atomic E-state index is 8.08. The fraction of sp³-hybridized carbons (Fsp3) is 0.750. The Morgan fingerprint density at radius 1 is 1.69 bits per heavy atom. The lowest BCUT2D eigenvalue weighted by Crippen LogP contribution is -2.22. The summed E-state index contributed by atoms with van der Waals surface area (Å²) in [4.78, 5) is 2.60. The van der Waals surface area contributed by atoms with Gasteiger partial charge in [-0.1, -0.05) is 11.7 Å². The lowest BCUT2D eigenvalue weighted by molar-refractivity contribution is -0.156. The topological polar surface area (TPSA) is 67.2 Å². The van der Waals surface area contributed by atoms with Crippen molar-refractivity contribution in [2.45, 2.75) is 25.6 Å². The molecule has 0 radical (unpaired) electrons. The zero-order chi connectivity index (χ0) is 9.52. The van der Waals surface area contributed by atoms with Gasteiger partial charge in [-0.25, -0.2) is 0 Å². The lowest BCUT2D eigenvalue weighted by Gasteiger charge is -2.22. The van der Waals surface area contributed by atoms with Crippen LogP contribution in [0, 0.1) is 0 Å². The Labute approximate surface area is 77.0 Å². The summed E-state index contributed by atoms with van der Waals surface area (Å²) in [6.07, 6.45) is 2.97. The average Bonchev–Trinajstić information content (AvgIpc) is 2.17. The van der Waals surface area contributed by atoms with Gasteiger partial charge < -0.3 is 9.47 Å². The largest absolute Gasteiger partial charge is 0.353 e. The summed E-state index contributed by atoms with van der Waals surface area (Å²) < 4.78 is 10.6. The summed E-state index contributed by atoms with van der Waals surface area (Å²) in [5.74, 6) is 0. The molecule has 0 aromatic carbocycles. The van der Waals surface area contributed by atoms with Gasteiger partial charge in [-0.15, -0.1) is 0 Å². The van der Waals surface area contributed by atoms with Gasteiger partial charge in [-0.3, -0.25) is 0 Å². The summed E-state index contributed by atoms with van der Waals surface area (Å²) in [7, 11) is 0. The second kappa shape index (κ2) is 5.59. The first-order chi connectivity index (χ1) is 6.33. The Balaban J connectivity index is 2.17. The summed E-state index contributed by atoms with van der Waals surface area (Å²) in [5, 5.41) is 3.31. The molecule has 0 aliphatic carbocycles. The summed E-state index contributed by atoms with van der Waals surface area (Å²) in [5.41, 5.74) is 8.47. The van der Waals surface area contributed by atoms with Crippen molar-refractivity contribution in [3.05, 3.63) is 22.7 Å². The Morgan fingerprint density at radius 2 is 2.54 bits per heavy atom. The first-order valence-electron chi connectivity index (χ1n) is 4.29. The zero-order valence-electron chi connectivity index (χ0n) is 7.48. The molecular formula is C8H13N3O2. The van der Waals surface area contributed by atoms with Crippen LogP contribution in [-0.4, -0.2) is 19.5 Å². The van der Waals surface area contributed by atoms with Gasteiger partial charge in [-0.2, -0.15) is 0 Å². The van der Waals surface area contributed by atoms with Crippen LogP contribution in [0.5, 0.6) is 0 Å². The van der Waals surface area contributed by atoms with E-state index in [9.17, 15) is 0 Å². The third-order valence-corrected chi connectivity index (χ3v) is 1.76. The van der Waals surface area contributed by atoms with Crippen LogP contribution in [0.2, 0.25) is 0 Å². The average molecular weight is 183 g/mol. The Bertz CT molecular complexity index is 217. The molecule has 1 atom stereocenters. The first kappa shape index (κ1) is 10.1. The molecule has 0 aromatic heterocycles. The number of hydrogen-bond acceptors (Lipinski definition) is 3. The van der Waals surface area contributed by atoms with Gasteiger partial charge in [0, 0.05) is 17.2 Å². The monoisotopic (exact) mass is 183 g/mol. The second-order valence-electron chi connectivity index (χ2n) is 2.86. The van der Waals surface area contributed by atoms with E-state index in [1.54, 1.807) is 0 Å². The highest BCUT2D eigenvalue weighted by atomic mass is 16.7. The van der Waals surface area contributed by atoms with Crippen molar-refractivity contribution >= 4 is 0 Å². The van der Waals surface area contributed by atoms with Gasteiger partial charge in [0.15, 0.2) is 6.29 Å². The van der Waals surface area contributed by atoms with Gasteiger partial charge in [0.1, 0.15) is 0 Å². The zero-order valence-corrected chi connectivity index (χ0v) is 7.48. The predicted octanol–water partition coefficient (Wildman–Crippen LogP) is 2.35. The third kappa shape index (κ3) is 3.94. The highest BCUT2D eigenvalue weighted by Gasteiger charge is 2.13. The molecule has 13 heavy (non-hydrogen) atoms. The molecule has 5 heteroatoms. The van der Waals surface area contributed by atoms with Crippen molar-refractivity contribution in [3.63, 3.8) is 0 Å². The minimum atomic E-state index is -0.153. The van der Waals surface area contributed by atoms with Crippen molar-refractivity contribution < 1.29 is 9.47 Å². The fourth-order valence-corrected chi connectivity index (χ4v) is 1.12. The van der Waals surface area contributed by atoms with Gasteiger partial charge in [0.05, 0.1) is 6.61 Å². The van der Waals surface area contributed by atoms with E-state index in [4.69, 9.17) is 15.0 Å². The molecule has 1 unspecified atom stereocenters. The molecule has 0 spiro atoms. The van der Waals surface area contributed by atoms with Crippen LogP contribution in [0.3, 0.4) is 0 Å². The van der Waals surface area contributed by atoms with Crippen molar-refractivity contribution in [2.75, 3.05) is 13.2 Å². The van der Waals surface area contributed by atoms with E-state index < -0.39 is 0 Å². The normalized spacial score (nSPS) is 22.0. The molecule has 1 heterocycles. The van der Waals surface area contributed by atoms with Crippen molar-refractivity contribution in [1.82, 2.24) is 0 Å². The summed E-state index contributed by atoms with van der Waals surface area (Å²) >= 11 is 0. The van der Waals surface area contributed by atoms with Crippen LogP contribution in [-0.2, 0) is 9.47 Å². The molecule has 0 aromatic rings. The second-order valence-corrected chi connectivity index (χ2v) is 2.86. The predicted molar refractivity (Wildman–Crippen MR) is 47.8 cm³/mol. The van der Waals surface area contributed by atoms with Crippen LogP contribution in [0.15, 0.2) is 17.4 Å². The minimum absolute atomic E-state index is 0.153. The molecule has 1 saturated heterocycles. The van der Waals surface area contributed by atoms with Crippen LogP contribution in [0.1, 0.15) is 19.3 Å². The van der Waals surface area contributed by atoms with Gasteiger partial charge in [0.25, 0.3) is 0 Å². The highest BCUT2D eigenvalue weighted by molar-refractivity contribution is 4.91. The summed E-state index contributed by atoms with van der Waals surface area (Å²) in [6, 6.07) is 0. The van der Waals surface area contributed by atoms with E-state index >= 15 is 0 Å². The van der Waals surface area contributed by atoms with Crippen LogP contribution in [0.4, 0.5) is 0 Å². The van der Waals surface area contributed by atoms with Crippen molar-refractivity contribution in [1.29, 1.82) is 0 Å². The number of nitrogens with zero attached hydrogens (tertiary/aromatic N) is 3. The smallest absolute Gasteiger partial charge is 0.158 e. The molecule has 1 fully saturated rings. The van der Waals surface area contributed by atoms with Crippen LogP contribution in [0.25, 0.3) is 10.4 Å². The summed E-state index contributed by atoms with van der Waals surface area (Å²) in [6.45, 7) is 4.52. The minimum Gasteiger partial charge on any atom is -0.353 e. The van der Waals surface area contributed by atoms with Gasteiger partial charge in [-0.05, 0) is 24.8 Å². The Morgan fingerprint density at radius 3 is 3.15 bits per heavy atom. The van der Waals surface area contributed by atoms with E-state index in [-0.39, 0.29) is 12.9 Å². The maximum absolute atomic E-state index is 8.08. The molecule has 5 nitrogen and oxygen atoms in total. The molecule has 72 valence electrons. The number of ether oxygens (including phenoxy) is 2. The van der Waals surface area contributed by atoms with Crippen molar-refractivity contribution in [2.24, 2.45) is 5.11 Å². The molecule has 1 rings (SSSR count). The lowest BCUT2D eigenvalue weighted by atomic mass is 10.2. The SMILES string of the molecule is C=C(COC1CCCCO1)N=[N+]=[N-]. The quantitative estimate of drug-likeness (QED) is 0.381. The maximum Gasteiger partial charge on any atom is 0.158 e. The Hall–Kier alpha value is -1.03.